The number of likely N-dealkylation sites (tertiary alicyclic amines) is 2. The Balaban J connectivity index is 0.976. The van der Waals surface area contributed by atoms with Crippen LogP contribution in [0.5, 0.6) is 11.5 Å². The Bertz CT molecular complexity index is 3410. The number of nitrogens with one attached hydrogen (secondary N) is 2. The highest BCUT2D eigenvalue weighted by atomic mass is 32.2. The van der Waals surface area contributed by atoms with Crippen LogP contribution in [0, 0.1) is 13.8 Å². The number of anilines is 2. The third-order valence-electron chi connectivity index (χ3n) is 13.1. The molecule has 2 saturated heterocycles. The Morgan fingerprint density at radius 3 is 1.84 bits per heavy atom. The topological polar surface area (TPSA) is 364 Å². The lowest BCUT2D eigenvalue weighted by atomic mass is 10.1. The molecule has 4 aromatic heterocycles. The molecule has 6 heterocycles. The molecule has 0 saturated carbocycles. The van der Waals surface area contributed by atoms with Crippen molar-refractivity contribution in [2.45, 2.75) is 90.5 Å². The van der Waals surface area contributed by atoms with Crippen molar-refractivity contribution in [1.29, 1.82) is 0 Å². The number of thioether (sulfide) groups is 1. The first kappa shape index (κ1) is 56.6. The van der Waals surface area contributed by atoms with E-state index in [1.807, 2.05) is 13.8 Å². The molecule has 2 fully saturated rings. The van der Waals surface area contributed by atoms with Crippen LogP contribution in [0.3, 0.4) is 0 Å². The Hall–Kier alpha value is -8.63. The van der Waals surface area contributed by atoms with Gasteiger partial charge in [-0.05, 0) is 64.1 Å². The zero-order valence-electron chi connectivity index (χ0n) is 44.1. The van der Waals surface area contributed by atoms with E-state index in [0.29, 0.717) is 66.2 Å². The normalized spacial score (nSPS) is 15.1. The number of allylic oxidation sites excluding steroid dienone is 2. The molecule has 2 aliphatic heterocycles. The molecule has 2 aromatic carbocycles. The van der Waals surface area contributed by atoms with Crippen LogP contribution in [0.15, 0.2) is 48.6 Å². The molecule has 79 heavy (non-hydrogen) atoms. The molecule has 0 aliphatic carbocycles. The number of amides is 7. The van der Waals surface area contributed by atoms with E-state index >= 15 is 0 Å². The van der Waals surface area contributed by atoms with E-state index < -0.39 is 52.7 Å². The number of fused-ring (bicyclic) bond motifs is 2. The van der Waals surface area contributed by atoms with Gasteiger partial charge in [0.15, 0.2) is 0 Å². The van der Waals surface area contributed by atoms with Crippen molar-refractivity contribution in [1.82, 2.24) is 48.5 Å². The zero-order valence-corrected chi connectivity index (χ0v) is 44.9. The molecule has 1 unspecified atom stereocenters. The zero-order chi connectivity index (χ0) is 56.8. The summed E-state index contributed by atoms with van der Waals surface area (Å²) in [5, 5.41) is 22.9. The second-order valence-electron chi connectivity index (χ2n) is 18.7. The highest BCUT2D eigenvalue weighted by molar-refractivity contribution is 8.00. The summed E-state index contributed by atoms with van der Waals surface area (Å²) in [6.45, 7) is 9.16. The van der Waals surface area contributed by atoms with Crippen LogP contribution in [-0.4, -0.2) is 164 Å². The highest BCUT2D eigenvalue weighted by Crippen LogP contribution is 2.34. The number of carboxylic acids is 1. The number of aromatic nitrogens is 8. The van der Waals surface area contributed by atoms with E-state index in [2.05, 4.69) is 25.8 Å². The number of imidazole rings is 2. The Morgan fingerprint density at radius 1 is 0.797 bits per heavy atom. The fourth-order valence-electron chi connectivity index (χ4n) is 9.10. The number of carbonyl (C=O) groups excluding carboxylic acids is 7. The number of nitrogens with zero attached hydrogens (tertiary/aromatic N) is 10. The van der Waals surface area contributed by atoms with Crippen LogP contribution >= 0.6 is 11.8 Å². The van der Waals surface area contributed by atoms with Gasteiger partial charge in [-0.1, -0.05) is 12.2 Å². The van der Waals surface area contributed by atoms with E-state index in [-0.39, 0.29) is 109 Å². The summed E-state index contributed by atoms with van der Waals surface area (Å²) in [6, 6.07) is 8.13. The fourth-order valence-corrected chi connectivity index (χ4v) is 10.2. The predicted octanol–water partition coefficient (Wildman–Crippen LogP) is 2.06. The van der Waals surface area contributed by atoms with Gasteiger partial charge < -0.3 is 50.6 Å². The molecule has 7 amide bonds. The molecule has 9 N–H and O–H groups in total. The van der Waals surface area contributed by atoms with E-state index in [1.54, 1.807) is 61.5 Å². The SMILES string of the molecule is CCn1nc(C)cc1C(=O)Nc1nc2cc(C(N)=O)cc(OC)c2n1C/C=C/Cn1c(NC(=O)c2cc(C)nn2CC)nc2cc(C(N)=O)cc(OCCCOC3CN(C(=O)CCN4C(=O)CC(SC[C@H](N)C(=O)O)C4=O)C3)c21. The van der Waals surface area contributed by atoms with Crippen molar-refractivity contribution < 1.29 is 57.7 Å². The lowest BCUT2D eigenvalue weighted by molar-refractivity contribution is -0.146. The number of carboxylic acid groups (broad SMARTS) is 1. The summed E-state index contributed by atoms with van der Waals surface area (Å²) in [7, 11) is 1.43. The minimum Gasteiger partial charge on any atom is -0.494 e. The summed E-state index contributed by atoms with van der Waals surface area (Å²) >= 11 is 1.01. The van der Waals surface area contributed by atoms with Crippen molar-refractivity contribution in [3.63, 3.8) is 0 Å². The van der Waals surface area contributed by atoms with Crippen molar-refractivity contribution >= 4 is 93.0 Å². The summed E-state index contributed by atoms with van der Waals surface area (Å²) in [6.07, 6.45) is 3.54. The first-order valence-electron chi connectivity index (χ1n) is 25.3. The minimum atomic E-state index is -1.21. The molecular formula is C51H61N15O12S. The standard InChI is InChI=1S/C51H61N15O12S/c1-6-65-35(17-27(3)59-65)46(71)57-50-55-33-19-29(44(53)69)21-37(76-5)42(33)63(50)12-8-9-13-64-43-34(56-51(64)58-47(72)36-18-28(4)60-66(36)7-2)20-30(45(54)70)22-38(43)78-16-10-15-77-31-24-61(25-31)40(67)11-14-62-41(68)23-39(48(62)73)79-26-32(52)49(74)75/h8-9,17-22,31-32,39H,6-7,10-16,23-26,52H2,1-5H3,(H2,53,69)(H2,54,70)(H,74,75)(H,55,57,71)(H,56,58,72)/b9-8+/t32-,39?/m0/s1. The summed E-state index contributed by atoms with van der Waals surface area (Å²) < 4.78 is 24.6. The number of methoxy groups -OCH3 is 1. The van der Waals surface area contributed by atoms with Gasteiger partial charge in [-0.15, -0.1) is 11.8 Å². The second kappa shape index (κ2) is 24.4. The predicted molar refractivity (Wildman–Crippen MR) is 288 cm³/mol. The van der Waals surface area contributed by atoms with Crippen molar-refractivity contribution in [3.8, 4) is 11.5 Å². The number of aryl methyl sites for hydroxylation is 4. The van der Waals surface area contributed by atoms with Gasteiger partial charge in [0.05, 0.1) is 54.1 Å². The number of benzene rings is 2. The number of ether oxygens (including phenoxy) is 3. The van der Waals surface area contributed by atoms with Gasteiger partial charge in [-0.3, -0.25) is 63.3 Å². The molecule has 2 aliphatic rings. The average molecular weight is 1110 g/mol. The van der Waals surface area contributed by atoms with Gasteiger partial charge in [0.25, 0.3) is 11.8 Å². The highest BCUT2D eigenvalue weighted by Gasteiger charge is 2.40. The van der Waals surface area contributed by atoms with Crippen molar-refractivity contribution in [2.24, 2.45) is 17.2 Å². The lowest BCUT2D eigenvalue weighted by Gasteiger charge is -2.39. The minimum absolute atomic E-state index is 0.0328. The van der Waals surface area contributed by atoms with Crippen LogP contribution in [0.1, 0.15) is 86.2 Å². The molecule has 27 nitrogen and oxygen atoms in total. The average Bonchev–Trinajstić information content (AvgIpc) is 4.40. The van der Waals surface area contributed by atoms with E-state index in [9.17, 15) is 38.4 Å². The number of imide groups is 1. The molecule has 2 atom stereocenters. The molecule has 418 valence electrons. The van der Waals surface area contributed by atoms with Gasteiger partial charge in [0, 0.05) is 82.0 Å². The fraction of sp³-hybridized carbons (Fsp3) is 0.412. The molecule has 6 aromatic rings. The van der Waals surface area contributed by atoms with Crippen LogP contribution in [0.4, 0.5) is 11.9 Å². The molecule has 8 rings (SSSR count). The van der Waals surface area contributed by atoms with E-state index in [0.717, 1.165) is 16.7 Å². The maximum atomic E-state index is 13.9. The maximum Gasteiger partial charge on any atom is 0.321 e. The molecule has 0 bridgehead atoms. The number of hydrogen-bond donors (Lipinski definition) is 6. The van der Waals surface area contributed by atoms with Crippen molar-refractivity contribution in [2.75, 3.05) is 56.3 Å². The monoisotopic (exact) mass is 1110 g/mol. The Labute approximate surface area is 455 Å². The van der Waals surface area contributed by atoms with Gasteiger partial charge >= 0.3 is 5.97 Å². The van der Waals surface area contributed by atoms with Crippen LogP contribution in [-0.2, 0) is 50.1 Å². The van der Waals surface area contributed by atoms with Gasteiger partial charge in [-0.2, -0.15) is 10.2 Å². The number of nitrogens with two attached hydrogens (primary N) is 3. The van der Waals surface area contributed by atoms with Crippen LogP contribution < -0.4 is 37.3 Å². The van der Waals surface area contributed by atoms with Crippen molar-refractivity contribution in [3.05, 3.63) is 82.5 Å². The number of hydrogen-bond acceptors (Lipinski definition) is 17. The third kappa shape index (κ3) is 12.6. The van der Waals surface area contributed by atoms with Crippen LogP contribution in [0.25, 0.3) is 22.1 Å². The van der Waals surface area contributed by atoms with E-state index in [1.165, 1.54) is 31.4 Å². The Morgan fingerprint density at radius 2 is 1.33 bits per heavy atom. The quantitative estimate of drug-likeness (QED) is 0.0257. The number of rotatable bonds is 26. The summed E-state index contributed by atoms with van der Waals surface area (Å²) in [5.41, 5.74) is 20.6. The third-order valence-corrected chi connectivity index (χ3v) is 14.4. The molecule has 28 heteroatoms. The van der Waals surface area contributed by atoms with Crippen LogP contribution in [0.2, 0.25) is 0 Å². The first-order chi connectivity index (χ1) is 37.8. The molecular weight excluding hydrogens is 1050 g/mol. The number of primary amides is 2. The molecule has 0 spiro atoms. The Kier molecular flexibility index (Phi) is 17.4. The number of aliphatic carboxylic acids is 1. The first-order valence-corrected chi connectivity index (χ1v) is 26.4. The number of carbonyl (C=O) groups is 8. The van der Waals surface area contributed by atoms with E-state index in [4.69, 9.17) is 41.5 Å². The maximum absolute atomic E-state index is 13.9. The largest absolute Gasteiger partial charge is 0.494 e. The summed E-state index contributed by atoms with van der Waals surface area (Å²) in [5.74, 6) is -4.07. The second-order valence-corrected chi connectivity index (χ2v) is 19.9. The van der Waals surface area contributed by atoms with Gasteiger partial charge in [0.2, 0.25) is 41.4 Å². The summed E-state index contributed by atoms with van der Waals surface area (Å²) in [4.78, 5) is 114. The molecule has 0 radical (unpaired) electrons. The van der Waals surface area contributed by atoms with Gasteiger partial charge in [0.1, 0.15) is 40.0 Å². The van der Waals surface area contributed by atoms with Gasteiger partial charge in [-0.25, -0.2) is 9.97 Å². The lowest BCUT2D eigenvalue weighted by Crippen LogP contribution is -2.55. The smallest absolute Gasteiger partial charge is 0.321 e.